The molecule has 0 radical (unpaired) electrons. The normalized spacial score (nSPS) is 22.8. The number of aryl methyl sites for hydroxylation is 1. The van der Waals surface area contributed by atoms with E-state index in [0.717, 1.165) is 12.1 Å². The second-order valence-electron chi connectivity index (χ2n) is 9.62. The highest BCUT2D eigenvalue weighted by Gasteiger charge is 2.43. The molecular weight excluding hydrogens is 396 g/mol. The van der Waals surface area contributed by atoms with E-state index in [2.05, 4.69) is 84.7 Å². The second-order valence-corrected chi connectivity index (χ2v) is 10.5. The van der Waals surface area contributed by atoms with Gasteiger partial charge in [-0.1, -0.05) is 48.4 Å². The quantitative estimate of drug-likeness (QED) is 0.335. The number of hydrogen-bond acceptors (Lipinski definition) is 2. The molecule has 2 aliphatic rings. The van der Waals surface area contributed by atoms with E-state index < -0.39 is 0 Å². The third kappa shape index (κ3) is 3.10. The minimum Gasteiger partial charge on any atom is -0.233 e. The molecule has 2 aliphatic carbocycles. The van der Waals surface area contributed by atoms with E-state index in [1.165, 1.54) is 58.2 Å². The smallest absolute Gasteiger partial charge is 0.0700 e. The Balaban J connectivity index is 1.36. The number of rotatable bonds is 3. The summed E-state index contributed by atoms with van der Waals surface area (Å²) in [6.07, 6.45) is 10.7. The van der Waals surface area contributed by atoms with Gasteiger partial charge in [-0.05, 0) is 96.5 Å². The molecule has 31 heavy (non-hydrogen) atoms. The van der Waals surface area contributed by atoms with Crippen molar-refractivity contribution in [3.05, 3.63) is 88.1 Å². The minimum atomic E-state index is 0.232. The van der Waals surface area contributed by atoms with Crippen LogP contribution >= 0.6 is 11.3 Å². The molecule has 0 saturated heterocycles. The third-order valence-electron chi connectivity index (χ3n) is 7.69. The van der Waals surface area contributed by atoms with Gasteiger partial charge in [-0.2, -0.15) is 5.10 Å². The van der Waals surface area contributed by atoms with Gasteiger partial charge in [0, 0.05) is 4.70 Å². The summed E-state index contributed by atoms with van der Waals surface area (Å²) in [5, 5.41) is 8.66. The first-order valence-electron chi connectivity index (χ1n) is 11.4. The zero-order chi connectivity index (χ0) is 21.0. The van der Waals surface area contributed by atoms with Crippen molar-refractivity contribution in [1.29, 1.82) is 0 Å². The van der Waals surface area contributed by atoms with E-state index in [9.17, 15) is 0 Å². The van der Waals surface area contributed by atoms with E-state index in [1.807, 2.05) is 11.3 Å². The van der Waals surface area contributed by atoms with Gasteiger partial charge in [-0.25, -0.2) is 4.68 Å². The minimum absolute atomic E-state index is 0.232. The van der Waals surface area contributed by atoms with Crippen LogP contribution in [0.2, 0.25) is 0 Å². The molecule has 2 aromatic carbocycles. The van der Waals surface area contributed by atoms with Crippen LogP contribution in [-0.4, -0.2) is 9.78 Å². The first kappa shape index (κ1) is 19.1. The molecule has 2 heterocycles. The molecule has 3 heteroatoms. The maximum atomic E-state index is 4.80. The Morgan fingerprint density at radius 1 is 1.13 bits per heavy atom. The molecule has 0 aliphatic heterocycles. The first-order chi connectivity index (χ1) is 15.1. The van der Waals surface area contributed by atoms with Crippen LogP contribution in [0.3, 0.4) is 0 Å². The Morgan fingerprint density at radius 3 is 2.84 bits per heavy atom. The Kier molecular flexibility index (Phi) is 4.43. The van der Waals surface area contributed by atoms with Crippen molar-refractivity contribution in [2.75, 3.05) is 0 Å². The number of thiophene rings is 1. The lowest BCUT2D eigenvalue weighted by Crippen LogP contribution is -2.38. The van der Waals surface area contributed by atoms with Crippen LogP contribution in [0.15, 0.2) is 65.7 Å². The maximum Gasteiger partial charge on any atom is 0.0700 e. The number of nitrogens with zero attached hydrogens (tertiary/aromatic N) is 2. The molecule has 1 fully saturated rings. The molecule has 0 amide bonds. The summed E-state index contributed by atoms with van der Waals surface area (Å²) in [6.45, 7) is 4.65. The number of allylic oxidation sites excluding steroid dienone is 1. The van der Waals surface area contributed by atoms with Gasteiger partial charge < -0.3 is 0 Å². The number of benzene rings is 2. The van der Waals surface area contributed by atoms with Gasteiger partial charge in [0.1, 0.15) is 0 Å². The molecule has 6 rings (SSSR count). The van der Waals surface area contributed by atoms with Gasteiger partial charge >= 0.3 is 0 Å². The van der Waals surface area contributed by atoms with Gasteiger partial charge in [0.25, 0.3) is 0 Å². The van der Waals surface area contributed by atoms with Crippen LogP contribution in [0.25, 0.3) is 21.8 Å². The van der Waals surface area contributed by atoms with Gasteiger partial charge in [0.15, 0.2) is 0 Å². The average Bonchev–Trinajstić information content (AvgIpc) is 3.37. The van der Waals surface area contributed by atoms with Crippen LogP contribution in [0, 0.1) is 18.3 Å². The molecule has 0 bridgehead atoms. The summed E-state index contributed by atoms with van der Waals surface area (Å²) >= 11 is 1.89. The monoisotopic (exact) mass is 424 g/mol. The van der Waals surface area contributed by atoms with Crippen LogP contribution < -0.4 is 0 Å². The van der Waals surface area contributed by atoms with Crippen molar-refractivity contribution in [2.24, 2.45) is 11.3 Å². The van der Waals surface area contributed by atoms with Crippen LogP contribution in [0.1, 0.15) is 48.6 Å². The Hall–Kier alpha value is -2.65. The zero-order valence-corrected chi connectivity index (χ0v) is 19.1. The fraction of sp³-hybridized carbons (Fsp3) is 0.321. The summed E-state index contributed by atoms with van der Waals surface area (Å²) in [4.78, 5) is 0. The van der Waals surface area contributed by atoms with Crippen molar-refractivity contribution in [3.8, 4) is 5.69 Å². The topological polar surface area (TPSA) is 17.8 Å². The van der Waals surface area contributed by atoms with E-state index in [4.69, 9.17) is 5.10 Å². The van der Waals surface area contributed by atoms with Gasteiger partial charge in [0.05, 0.1) is 17.6 Å². The summed E-state index contributed by atoms with van der Waals surface area (Å²) in [5.41, 5.74) is 8.53. The highest BCUT2D eigenvalue weighted by atomic mass is 32.1. The predicted octanol–water partition coefficient (Wildman–Crippen LogP) is 7.38. The number of fused-ring (bicyclic) bond motifs is 3. The van der Waals surface area contributed by atoms with Gasteiger partial charge in [0.2, 0.25) is 0 Å². The average molecular weight is 425 g/mol. The fourth-order valence-corrected chi connectivity index (χ4v) is 6.79. The predicted molar refractivity (Wildman–Crippen MR) is 131 cm³/mol. The standard InChI is InChI=1S/C28H28N2S/c1-19-10-12-24(13-11-19)30-26-15-23-7-5-6-22(28(23,2)16-21(26)17-29-30)14-20-18-31-27-9-4-3-8-25(20)27/h3-4,8-13,15,17-18,22H,5-7,14,16H2,1-2H3. The highest BCUT2D eigenvalue weighted by Crippen LogP contribution is 2.52. The Labute approximate surface area is 188 Å². The molecule has 2 nitrogen and oxygen atoms in total. The number of aromatic nitrogens is 2. The largest absolute Gasteiger partial charge is 0.233 e. The van der Waals surface area contributed by atoms with Crippen LogP contribution in [-0.2, 0) is 12.8 Å². The summed E-state index contributed by atoms with van der Waals surface area (Å²) in [7, 11) is 0. The fourth-order valence-electron chi connectivity index (χ4n) is 5.82. The SMILES string of the molecule is Cc1ccc(-n2ncc3c2C=C2CCCC(Cc4csc5ccccc45)C2(C)C3)cc1. The molecule has 4 aromatic rings. The van der Waals surface area contributed by atoms with Crippen molar-refractivity contribution < 1.29 is 0 Å². The van der Waals surface area contributed by atoms with Crippen molar-refractivity contribution in [1.82, 2.24) is 9.78 Å². The summed E-state index contributed by atoms with van der Waals surface area (Å²) in [5.74, 6) is 0.682. The molecule has 1 saturated carbocycles. The Bertz CT molecular complexity index is 1290. The highest BCUT2D eigenvalue weighted by molar-refractivity contribution is 7.17. The second kappa shape index (κ2) is 7.20. The lowest BCUT2D eigenvalue weighted by atomic mass is 9.58. The van der Waals surface area contributed by atoms with E-state index in [1.54, 1.807) is 5.57 Å². The molecule has 2 aromatic heterocycles. The third-order valence-corrected chi connectivity index (χ3v) is 8.71. The molecule has 2 atom stereocenters. The van der Waals surface area contributed by atoms with E-state index in [0.29, 0.717) is 5.92 Å². The lowest BCUT2D eigenvalue weighted by Gasteiger charge is -2.46. The van der Waals surface area contributed by atoms with Crippen LogP contribution in [0.4, 0.5) is 0 Å². The molecule has 0 spiro atoms. The van der Waals surface area contributed by atoms with Crippen molar-refractivity contribution in [3.63, 3.8) is 0 Å². The van der Waals surface area contributed by atoms with Crippen LogP contribution in [0.5, 0.6) is 0 Å². The van der Waals surface area contributed by atoms with Crippen molar-refractivity contribution >= 4 is 27.5 Å². The Morgan fingerprint density at radius 2 is 1.97 bits per heavy atom. The van der Waals surface area contributed by atoms with E-state index in [-0.39, 0.29) is 5.41 Å². The van der Waals surface area contributed by atoms with Crippen molar-refractivity contribution in [2.45, 2.75) is 46.0 Å². The molecule has 0 N–H and O–H groups in total. The molecular formula is C28H28N2S. The van der Waals surface area contributed by atoms with Gasteiger partial charge in [-0.3, -0.25) is 0 Å². The van der Waals surface area contributed by atoms with E-state index >= 15 is 0 Å². The van der Waals surface area contributed by atoms with Gasteiger partial charge in [-0.15, -0.1) is 11.3 Å². The zero-order valence-electron chi connectivity index (χ0n) is 18.3. The summed E-state index contributed by atoms with van der Waals surface area (Å²) < 4.78 is 3.55. The first-order valence-corrected chi connectivity index (χ1v) is 12.3. The lowest BCUT2D eigenvalue weighted by molar-refractivity contribution is 0.180. The maximum absolute atomic E-state index is 4.80. The molecule has 2 unspecified atom stereocenters. The summed E-state index contributed by atoms with van der Waals surface area (Å²) in [6, 6.07) is 17.6. The number of hydrogen-bond donors (Lipinski definition) is 0. The molecule has 156 valence electrons.